The van der Waals surface area contributed by atoms with Crippen molar-refractivity contribution in [1.82, 2.24) is 10.6 Å². The molecule has 3 heteroatoms. The van der Waals surface area contributed by atoms with E-state index in [9.17, 15) is 4.79 Å². The summed E-state index contributed by atoms with van der Waals surface area (Å²) in [5.41, 5.74) is 0. The molecule has 0 aromatic rings. The van der Waals surface area contributed by atoms with Gasteiger partial charge in [-0.3, -0.25) is 4.79 Å². The first-order valence-corrected chi connectivity index (χ1v) is 6.85. The van der Waals surface area contributed by atoms with Gasteiger partial charge < -0.3 is 10.6 Å². The highest BCUT2D eigenvalue weighted by Crippen LogP contribution is 2.33. The topological polar surface area (TPSA) is 41.1 Å². The van der Waals surface area contributed by atoms with Crippen molar-refractivity contribution in [2.24, 2.45) is 5.92 Å². The van der Waals surface area contributed by atoms with Gasteiger partial charge in [-0.25, -0.2) is 0 Å². The van der Waals surface area contributed by atoms with Crippen molar-refractivity contribution in [3.8, 4) is 0 Å². The van der Waals surface area contributed by atoms with Gasteiger partial charge in [-0.05, 0) is 25.7 Å². The lowest BCUT2D eigenvalue weighted by Gasteiger charge is -2.19. The van der Waals surface area contributed by atoms with Crippen LogP contribution < -0.4 is 10.6 Å². The quantitative estimate of drug-likeness (QED) is 0.676. The Labute approximate surface area is 98.4 Å². The standard InChI is InChI=1S/C13H24N2O/c1-2-3-4-5-8-14-13(16)11-9-10-6-7-12(11)15-10/h10-12,15H,2-9H2,1H3,(H,14,16). The van der Waals surface area contributed by atoms with Crippen molar-refractivity contribution in [2.75, 3.05) is 6.54 Å². The first-order valence-electron chi connectivity index (χ1n) is 6.85. The predicted octanol–water partition coefficient (Wildman–Crippen LogP) is 1.82. The maximum absolute atomic E-state index is 11.9. The van der Waals surface area contributed by atoms with Crippen LogP contribution in [0, 0.1) is 5.92 Å². The molecule has 2 fully saturated rings. The average Bonchev–Trinajstić information content (AvgIpc) is 2.90. The van der Waals surface area contributed by atoms with Gasteiger partial charge in [0, 0.05) is 18.6 Å². The minimum Gasteiger partial charge on any atom is -0.356 e. The van der Waals surface area contributed by atoms with Crippen LogP contribution in [0.25, 0.3) is 0 Å². The summed E-state index contributed by atoms with van der Waals surface area (Å²) in [6, 6.07) is 1.10. The Morgan fingerprint density at radius 1 is 1.31 bits per heavy atom. The number of carbonyl (C=O) groups is 1. The number of amides is 1. The lowest BCUT2D eigenvalue weighted by atomic mass is 9.88. The zero-order valence-corrected chi connectivity index (χ0v) is 10.3. The summed E-state index contributed by atoms with van der Waals surface area (Å²) < 4.78 is 0. The van der Waals surface area contributed by atoms with Crippen molar-refractivity contribution < 1.29 is 4.79 Å². The highest BCUT2D eigenvalue weighted by molar-refractivity contribution is 5.80. The van der Waals surface area contributed by atoms with Crippen LogP contribution in [0.5, 0.6) is 0 Å². The number of carbonyl (C=O) groups excluding carboxylic acids is 1. The maximum Gasteiger partial charge on any atom is 0.224 e. The molecule has 92 valence electrons. The van der Waals surface area contributed by atoms with Crippen LogP contribution in [-0.4, -0.2) is 24.5 Å². The second-order valence-electron chi connectivity index (χ2n) is 5.24. The Kier molecular flexibility index (Phi) is 4.22. The largest absolute Gasteiger partial charge is 0.356 e. The summed E-state index contributed by atoms with van der Waals surface area (Å²) in [4.78, 5) is 11.9. The molecule has 3 unspecified atom stereocenters. The molecule has 16 heavy (non-hydrogen) atoms. The summed E-state index contributed by atoms with van der Waals surface area (Å²) in [6.45, 7) is 3.08. The third-order valence-electron chi connectivity index (χ3n) is 3.97. The molecule has 0 aromatic heterocycles. The molecule has 3 nitrogen and oxygen atoms in total. The Hall–Kier alpha value is -0.570. The fourth-order valence-corrected chi connectivity index (χ4v) is 3.01. The van der Waals surface area contributed by atoms with E-state index in [1.54, 1.807) is 0 Å². The number of nitrogens with one attached hydrogen (secondary N) is 2. The maximum atomic E-state index is 11.9. The third-order valence-corrected chi connectivity index (χ3v) is 3.97. The Morgan fingerprint density at radius 3 is 2.81 bits per heavy atom. The van der Waals surface area contributed by atoms with Gasteiger partial charge in [0.1, 0.15) is 0 Å². The van der Waals surface area contributed by atoms with E-state index in [0.717, 1.165) is 19.4 Å². The average molecular weight is 224 g/mol. The Balaban J connectivity index is 1.61. The summed E-state index contributed by atoms with van der Waals surface area (Å²) in [5.74, 6) is 0.543. The molecule has 2 aliphatic heterocycles. The number of rotatable bonds is 6. The van der Waals surface area contributed by atoms with Gasteiger partial charge in [-0.1, -0.05) is 26.2 Å². The van der Waals surface area contributed by atoms with Gasteiger partial charge in [-0.15, -0.1) is 0 Å². The first kappa shape index (κ1) is 11.9. The number of fused-ring (bicyclic) bond motifs is 2. The van der Waals surface area contributed by atoms with Gasteiger partial charge in [0.2, 0.25) is 5.91 Å². The van der Waals surface area contributed by atoms with Crippen LogP contribution >= 0.6 is 0 Å². The summed E-state index contributed by atoms with van der Waals surface area (Å²) in [6.07, 6.45) is 8.43. The second kappa shape index (κ2) is 5.67. The molecule has 2 N–H and O–H groups in total. The minimum absolute atomic E-state index is 0.255. The minimum atomic E-state index is 0.255. The SMILES string of the molecule is CCCCCCNC(=O)C1CC2CCC1N2. The lowest BCUT2D eigenvalue weighted by molar-refractivity contribution is -0.125. The van der Waals surface area contributed by atoms with E-state index in [1.165, 1.54) is 32.1 Å². The van der Waals surface area contributed by atoms with Crippen molar-refractivity contribution in [3.63, 3.8) is 0 Å². The highest BCUT2D eigenvalue weighted by Gasteiger charge is 2.42. The number of hydrogen-bond donors (Lipinski definition) is 2. The van der Waals surface area contributed by atoms with Gasteiger partial charge in [0.05, 0.1) is 5.92 Å². The van der Waals surface area contributed by atoms with E-state index in [4.69, 9.17) is 0 Å². The number of hydrogen-bond acceptors (Lipinski definition) is 2. The molecule has 1 amide bonds. The zero-order valence-electron chi connectivity index (χ0n) is 10.3. The van der Waals surface area contributed by atoms with E-state index < -0.39 is 0 Å². The Morgan fingerprint density at radius 2 is 2.19 bits per heavy atom. The molecule has 2 heterocycles. The first-order chi connectivity index (χ1) is 7.81. The van der Waals surface area contributed by atoms with Crippen molar-refractivity contribution >= 4 is 5.91 Å². The fourth-order valence-electron chi connectivity index (χ4n) is 3.01. The molecule has 2 saturated heterocycles. The van der Waals surface area contributed by atoms with Crippen LogP contribution in [0.15, 0.2) is 0 Å². The summed E-state index contributed by atoms with van der Waals surface area (Å²) in [7, 11) is 0. The van der Waals surface area contributed by atoms with Crippen molar-refractivity contribution in [1.29, 1.82) is 0 Å². The molecular weight excluding hydrogens is 200 g/mol. The van der Waals surface area contributed by atoms with Crippen molar-refractivity contribution in [2.45, 2.75) is 64.0 Å². The molecule has 2 aliphatic rings. The van der Waals surface area contributed by atoms with E-state index >= 15 is 0 Å². The Bertz CT molecular complexity index is 242. The molecule has 0 radical (unpaired) electrons. The van der Waals surface area contributed by atoms with Gasteiger partial charge in [0.15, 0.2) is 0 Å². The summed E-state index contributed by atoms with van der Waals surface area (Å²) >= 11 is 0. The van der Waals surface area contributed by atoms with Gasteiger partial charge in [0.25, 0.3) is 0 Å². The van der Waals surface area contributed by atoms with Crippen LogP contribution in [0.4, 0.5) is 0 Å². The zero-order chi connectivity index (χ0) is 11.4. The monoisotopic (exact) mass is 224 g/mol. The van der Waals surface area contributed by atoms with E-state index in [1.807, 2.05) is 0 Å². The van der Waals surface area contributed by atoms with Gasteiger partial charge in [-0.2, -0.15) is 0 Å². The molecule has 3 atom stereocenters. The van der Waals surface area contributed by atoms with Crippen LogP contribution in [-0.2, 0) is 4.79 Å². The molecular formula is C13H24N2O. The van der Waals surface area contributed by atoms with Crippen LogP contribution in [0.2, 0.25) is 0 Å². The molecule has 0 aliphatic carbocycles. The third kappa shape index (κ3) is 2.76. The predicted molar refractivity (Wildman–Crippen MR) is 65.2 cm³/mol. The highest BCUT2D eigenvalue weighted by atomic mass is 16.1. The van der Waals surface area contributed by atoms with Gasteiger partial charge >= 0.3 is 0 Å². The van der Waals surface area contributed by atoms with Crippen LogP contribution in [0.1, 0.15) is 51.9 Å². The summed E-state index contributed by atoms with van der Waals surface area (Å²) in [5, 5.41) is 6.60. The number of unbranched alkanes of at least 4 members (excludes halogenated alkanes) is 3. The van der Waals surface area contributed by atoms with E-state index in [0.29, 0.717) is 12.1 Å². The molecule has 0 aromatic carbocycles. The smallest absolute Gasteiger partial charge is 0.224 e. The lowest BCUT2D eigenvalue weighted by Crippen LogP contribution is -2.37. The van der Waals surface area contributed by atoms with E-state index in [2.05, 4.69) is 17.6 Å². The molecule has 2 bridgehead atoms. The normalized spacial score (nSPS) is 31.9. The van der Waals surface area contributed by atoms with Crippen molar-refractivity contribution in [3.05, 3.63) is 0 Å². The van der Waals surface area contributed by atoms with Crippen LogP contribution in [0.3, 0.4) is 0 Å². The second-order valence-corrected chi connectivity index (χ2v) is 5.24. The molecule has 0 spiro atoms. The fraction of sp³-hybridized carbons (Fsp3) is 0.923. The van der Waals surface area contributed by atoms with E-state index in [-0.39, 0.29) is 11.8 Å². The molecule has 2 rings (SSSR count). The molecule has 0 saturated carbocycles.